The number of piperidine rings is 1. The van der Waals surface area contributed by atoms with E-state index in [1.807, 2.05) is 30.0 Å². The summed E-state index contributed by atoms with van der Waals surface area (Å²) in [7, 11) is 0. The second kappa shape index (κ2) is 8.35. The minimum atomic E-state index is -0.202. The van der Waals surface area contributed by atoms with Gasteiger partial charge in [0.05, 0.1) is 11.7 Å². The molecule has 3 aliphatic heterocycles. The Hall–Kier alpha value is -2.67. The van der Waals surface area contributed by atoms with Crippen LogP contribution < -0.4 is 10.3 Å². The van der Waals surface area contributed by atoms with Gasteiger partial charge in [0.15, 0.2) is 0 Å². The van der Waals surface area contributed by atoms with Gasteiger partial charge in [0, 0.05) is 43.2 Å². The van der Waals surface area contributed by atoms with E-state index in [1.165, 1.54) is 0 Å². The molecule has 0 spiro atoms. The predicted molar refractivity (Wildman–Crippen MR) is 122 cm³/mol. The van der Waals surface area contributed by atoms with Crippen molar-refractivity contribution >= 4 is 5.91 Å². The molecule has 2 atom stereocenters. The summed E-state index contributed by atoms with van der Waals surface area (Å²) >= 11 is 0. The summed E-state index contributed by atoms with van der Waals surface area (Å²) in [6.45, 7) is 8.62. The zero-order valence-corrected chi connectivity index (χ0v) is 19.2. The molecule has 0 aliphatic carbocycles. The fourth-order valence-electron chi connectivity index (χ4n) is 5.26. The Bertz CT molecular complexity index is 1090. The van der Waals surface area contributed by atoms with Gasteiger partial charge >= 0.3 is 0 Å². The van der Waals surface area contributed by atoms with Crippen LogP contribution in [0.4, 0.5) is 0 Å². The highest BCUT2D eigenvalue weighted by Crippen LogP contribution is 2.33. The Morgan fingerprint density at radius 1 is 1.25 bits per heavy atom. The van der Waals surface area contributed by atoms with Crippen molar-refractivity contribution < 1.29 is 9.53 Å². The van der Waals surface area contributed by atoms with Crippen molar-refractivity contribution in [3.8, 4) is 5.75 Å². The van der Waals surface area contributed by atoms with Gasteiger partial charge < -0.3 is 14.6 Å². The van der Waals surface area contributed by atoms with Gasteiger partial charge in [0.2, 0.25) is 0 Å². The molecule has 1 aromatic heterocycles. The number of rotatable bonds is 3. The van der Waals surface area contributed by atoms with Gasteiger partial charge in [-0.3, -0.25) is 14.5 Å². The van der Waals surface area contributed by atoms with Crippen LogP contribution >= 0.6 is 0 Å². The second-order valence-corrected chi connectivity index (χ2v) is 9.66. The number of H-pyrrole nitrogens is 1. The first-order chi connectivity index (χ1) is 15.4. The van der Waals surface area contributed by atoms with Crippen LogP contribution in [-0.2, 0) is 19.4 Å². The van der Waals surface area contributed by atoms with Crippen molar-refractivity contribution in [2.45, 2.75) is 77.6 Å². The third kappa shape index (κ3) is 3.83. The summed E-state index contributed by atoms with van der Waals surface area (Å²) in [6, 6.07) is 5.94. The van der Waals surface area contributed by atoms with Gasteiger partial charge in [-0.1, -0.05) is 0 Å². The van der Waals surface area contributed by atoms with E-state index in [0.29, 0.717) is 30.5 Å². The number of likely N-dealkylation sites (tertiary alicyclic amines) is 1. The van der Waals surface area contributed by atoms with Crippen molar-refractivity contribution in [1.82, 2.24) is 19.8 Å². The maximum Gasteiger partial charge on any atom is 0.254 e. The number of carbonyl (C=O) groups is 1. The number of nitrogens with one attached hydrogen (secondary N) is 1. The van der Waals surface area contributed by atoms with Crippen LogP contribution in [-0.4, -0.2) is 50.9 Å². The molecule has 5 rings (SSSR count). The molecular weight excluding hydrogens is 404 g/mol. The van der Waals surface area contributed by atoms with Crippen LogP contribution in [0.1, 0.15) is 79.1 Å². The summed E-state index contributed by atoms with van der Waals surface area (Å²) in [6.07, 6.45) is 4.48. The van der Waals surface area contributed by atoms with Gasteiger partial charge in [-0.25, -0.2) is 4.98 Å². The molecule has 1 amide bonds. The number of aromatic amines is 1. The van der Waals surface area contributed by atoms with Gasteiger partial charge in [0.25, 0.3) is 11.5 Å². The van der Waals surface area contributed by atoms with E-state index in [4.69, 9.17) is 9.72 Å². The smallest absolute Gasteiger partial charge is 0.254 e. The van der Waals surface area contributed by atoms with Crippen molar-refractivity contribution in [2.75, 3.05) is 13.1 Å². The molecule has 1 aromatic carbocycles. The summed E-state index contributed by atoms with van der Waals surface area (Å²) in [4.78, 5) is 38.6. The van der Waals surface area contributed by atoms with Gasteiger partial charge in [-0.2, -0.15) is 0 Å². The lowest BCUT2D eigenvalue weighted by Crippen LogP contribution is -2.42. The van der Waals surface area contributed by atoms with Gasteiger partial charge in [0.1, 0.15) is 17.7 Å². The van der Waals surface area contributed by atoms with Crippen molar-refractivity contribution in [2.24, 2.45) is 0 Å². The zero-order valence-electron chi connectivity index (χ0n) is 19.2. The fraction of sp³-hybridized carbons (Fsp3) is 0.560. The average molecular weight is 437 g/mol. The van der Waals surface area contributed by atoms with Crippen LogP contribution in [0.2, 0.25) is 0 Å². The standard InChI is InChI=1S/C25H32N4O3/c1-15(2)28-11-9-19-20(14-28)26-23(27-24(19)30)21-6-4-5-10-29(21)25(31)17-7-8-22-18(13-17)12-16(3)32-22/h7-8,13,15-16,21H,4-6,9-12,14H2,1-3H3,(H,26,27,30)/t16-,21-/m0/s1. The fourth-order valence-corrected chi connectivity index (χ4v) is 5.26. The highest BCUT2D eigenvalue weighted by atomic mass is 16.5. The molecule has 1 fully saturated rings. The number of benzene rings is 1. The first-order valence-electron chi connectivity index (χ1n) is 11.9. The maximum absolute atomic E-state index is 13.5. The Kier molecular flexibility index (Phi) is 5.53. The molecule has 7 heteroatoms. The van der Waals surface area contributed by atoms with E-state index in [2.05, 4.69) is 23.7 Å². The molecule has 4 heterocycles. The lowest BCUT2D eigenvalue weighted by atomic mass is 9.98. The van der Waals surface area contributed by atoms with Gasteiger partial charge in [-0.15, -0.1) is 0 Å². The number of nitrogens with zero attached hydrogens (tertiary/aromatic N) is 3. The maximum atomic E-state index is 13.5. The lowest BCUT2D eigenvalue weighted by Gasteiger charge is -2.36. The van der Waals surface area contributed by atoms with E-state index in [0.717, 1.165) is 61.2 Å². The van der Waals surface area contributed by atoms with E-state index in [1.54, 1.807) is 0 Å². The lowest BCUT2D eigenvalue weighted by molar-refractivity contribution is 0.0598. The second-order valence-electron chi connectivity index (χ2n) is 9.66. The largest absolute Gasteiger partial charge is 0.490 e. The molecule has 0 bridgehead atoms. The van der Waals surface area contributed by atoms with Crippen LogP contribution in [0, 0.1) is 0 Å². The molecule has 1 saturated heterocycles. The first kappa shape index (κ1) is 21.2. The molecule has 7 nitrogen and oxygen atoms in total. The molecule has 0 radical (unpaired) electrons. The number of aromatic nitrogens is 2. The minimum Gasteiger partial charge on any atom is -0.490 e. The molecule has 1 N–H and O–H groups in total. The zero-order chi connectivity index (χ0) is 22.4. The van der Waals surface area contributed by atoms with Crippen molar-refractivity contribution in [3.05, 3.63) is 56.8 Å². The number of ether oxygens (including phenoxy) is 1. The molecule has 2 aromatic rings. The quantitative estimate of drug-likeness (QED) is 0.799. The van der Waals surface area contributed by atoms with Gasteiger partial charge in [-0.05, 0) is 70.2 Å². The number of amides is 1. The van der Waals surface area contributed by atoms with E-state index in [-0.39, 0.29) is 23.6 Å². The minimum absolute atomic E-state index is 0.00114. The molecular formula is C25H32N4O3. The summed E-state index contributed by atoms with van der Waals surface area (Å²) in [5.74, 6) is 1.51. The molecule has 32 heavy (non-hydrogen) atoms. The van der Waals surface area contributed by atoms with E-state index in [9.17, 15) is 9.59 Å². The van der Waals surface area contributed by atoms with Crippen molar-refractivity contribution in [3.63, 3.8) is 0 Å². The highest BCUT2D eigenvalue weighted by molar-refractivity contribution is 5.95. The Morgan fingerprint density at radius 3 is 2.91 bits per heavy atom. The Balaban J connectivity index is 1.45. The van der Waals surface area contributed by atoms with Crippen LogP contribution in [0.3, 0.4) is 0 Å². The van der Waals surface area contributed by atoms with Crippen molar-refractivity contribution in [1.29, 1.82) is 0 Å². The normalized spacial score (nSPS) is 23.1. The molecule has 0 unspecified atom stereocenters. The SMILES string of the molecule is CC(C)N1CCc2c(nc([C@@H]3CCCCN3C(=O)c3ccc4c(c3)C[C@H](C)O4)[nH]c2=O)C1. The first-order valence-corrected chi connectivity index (χ1v) is 11.9. The average Bonchev–Trinajstić information content (AvgIpc) is 3.17. The summed E-state index contributed by atoms with van der Waals surface area (Å²) < 4.78 is 5.79. The third-order valence-corrected chi connectivity index (χ3v) is 7.07. The monoisotopic (exact) mass is 436 g/mol. The number of hydrogen-bond donors (Lipinski definition) is 1. The summed E-state index contributed by atoms with van der Waals surface area (Å²) in [5.41, 5.74) is 3.39. The molecule has 170 valence electrons. The molecule has 3 aliphatic rings. The topological polar surface area (TPSA) is 78.5 Å². The summed E-state index contributed by atoms with van der Waals surface area (Å²) in [5, 5.41) is 0. The Labute approximate surface area is 188 Å². The number of fused-ring (bicyclic) bond motifs is 2. The van der Waals surface area contributed by atoms with Crippen LogP contribution in [0.5, 0.6) is 5.75 Å². The van der Waals surface area contributed by atoms with Crippen LogP contribution in [0.15, 0.2) is 23.0 Å². The number of hydrogen-bond acceptors (Lipinski definition) is 5. The van der Waals surface area contributed by atoms with E-state index >= 15 is 0 Å². The predicted octanol–water partition coefficient (Wildman–Crippen LogP) is 3.23. The van der Waals surface area contributed by atoms with E-state index < -0.39 is 0 Å². The highest BCUT2D eigenvalue weighted by Gasteiger charge is 2.33. The molecule has 0 saturated carbocycles. The van der Waals surface area contributed by atoms with Crippen LogP contribution in [0.25, 0.3) is 0 Å². The number of carbonyl (C=O) groups excluding carboxylic acids is 1. The Morgan fingerprint density at radius 2 is 2.09 bits per heavy atom. The third-order valence-electron chi connectivity index (χ3n) is 7.07.